The van der Waals surface area contributed by atoms with Crippen LogP contribution in [0.3, 0.4) is 0 Å². The molecule has 1 heterocycles. The summed E-state index contributed by atoms with van der Waals surface area (Å²) in [5, 5.41) is 9.31. The van der Waals surface area contributed by atoms with Gasteiger partial charge in [-0.1, -0.05) is 0 Å². The summed E-state index contributed by atoms with van der Waals surface area (Å²) in [6, 6.07) is 4.59. The molecule has 1 aromatic heterocycles. The van der Waals surface area contributed by atoms with Gasteiger partial charge in [-0.3, -0.25) is 0 Å². The van der Waals surface area contributed by atoms with Crippen molar-refractivity contribution in [2.45, 2.75) is 18.7 Å². The standard InChI is InChI=1S/C12H16N4O3S/c1-7-4-12(16(3)15-7)19-10-5-9(13)6-11(8(10)2)20(14,17)18/h4-6H,13H2,1-3H3,(H2,14,17,18). The first kappa shape index (κ1) is 14.4. The molecule has 8 heteroatoms. The molecule has 0 spiro atoms. The summed E-state index contributed by atoms with van der Waals surface area (Å²) in [5.41, 5.74) is 7.15. The third-order valence-corrected chi connectivity index (χ3v) is 3.85. The van der Waals surface area contributed by atoms with Crippen molar-refractivity contribution in [2.24, 2.45) is 12.2 Å². The van der Waals surface area contributed by atoms with Crippen LogP contribution in [0.15, 0.2) is 23.1 Å². The first-order valence-electron chi connectivity index (χ1n) is 5.80. The summed E-state index contributed by atoms with van der Waals surface area (Å²) in [6.45, 7) is 3.44. The van der Waals surface area contributed by atoms with Gasteiger partial charge in [0, 0.05) is 30.4 Å². The minimum absolute atomic E-state index is 0.0496. The summed E-state index contributed by atoms with van der Waals surface area (Å²) in [7, 11) is -2.13. The highest BCUT2D eigenvalue weighted by molar-refractivity contribution is 7.89. The Bertz CT molecular complexity index is 765. The Hall–Kier alpha value is -2.06. The van der Waals surface area contributed by atoms with Crippen molar-refractivity contribution in [2.75, 3.05) is 5.73 Å². The van der Waals surface area contributed by atoms with E-state index < -0.39 is 10.0 Å². The number of hydrogen-bond donors (Lipinski definition) is 2. The Labute approximate surface area is 117 Å². The van der Waals surface area contributed by atoms with Crippen molar-refractivity contribution in [3.8, 4) is 11.6 Å². The van der Waals surface area contributed by atoms with Gasteiger partial charge in [-0.2, -0.15) is 5.10 Å². The lowest BCUT2D eigenvalue weighted by molar-refractivity contribution is 0.426. The maximum atomic E-state index is 11.5. The molecule has 0 aliphatic carbocycles. The second-order valence-corrected chi connectivity index (χ2v) is 6.07. The van der Waals surface area contributed by atoms with E-state index in [2.05, 4.69) is 5.10 Å². The van der Waals surface area contributed by atoms with Gasteiger partial charge in [-0.15, -0.1) is 0 Å². The number of primary sulfonamides is 1. The fraction of sp³-hybridized carbons (Fsp3) is 0.250. The van der Waals surface area contributed by atoms with Crippen molar-refractivity contribution in [3.05, 3.63) is 29.5 Å². The number of ether oxygens (including phenoxy) is 1. The van der Waals surface area contributed by atoms with E-state index >= 15 is 0 Å². The third-order valence-electron chi connectivity index (χ3n) is 2.81. The Morgan fingerprint density at radius 2 is 1.90 bits per heavy atom. The Kier molecular flexibility index (Phi) is 3.45. The molecule has 0 atom stereocenters. The highest BCUT2D eigenvalue weighted by atomic mass is 32.2. The predicted octanol–water partition coefficient (Wildman–Crippen LogP) is 1.06. The maximum Gasteiger partial charge on any atom is 0.238 e. The molecule has 4 N–H and O–H groups in total. The van der Waals surface area contributed by atoms with Gasteiger partial charge in [0.15, 0.2) is 0 Å². The van der Waals surface area contributed by atoms with Gasteiger partial charge in [0.2, 0.25) is 15.9 Å². The van der Waals surface area contributed by atoms with E-state index in [-0.39, 0.29) is 10.6 Å². The number of aromatic nitrogens is 2. The van der Waals surface area contributed by atoms with Crippen molar-refractivity contribution >= 4 is 15.7 Å². The second-order valence-electron chi connectivity index (χ2n) is 4.54. The van der Waals surface area contributed by atoms with Crippen LogP contribution in [0, 0.1) is 13.8 Å². The van der Waals surface area contributed by atoms with Gasteiger partial charge >= 0.3 is 0 Å². The van der Waals surface area contributed by atoms with E-state index in [0.717, 1.165) is 5.69 Å². The molecule has 2 aromatic rings. The van der Waals surface area contributed by atoms with Gasteiger partial charge in [0.05, 0.1) is 10.6 Å². The molecule has 0 bridgehead atoms. The van der Waals surface area contributed by atoms with Crippen LogP contribution in [-0.2, 0) is 17.1 Å². The SMILES string of the molecule is Cc1cc(Oc2cc(N)cc(S(N)(=O)=O)c2C)n(C)n1. The number of benzene rings is 1. The molecule has 108 valence electrons. The Morgan fingerprint density at radius 1 is 1.25 bits per heavy atom. The number of hydrogen-bond acceptors (Lipinski definition) is 5. The zero-order valence-corrected chi connectivity index (χ0v) is 12.2. The van der Waals surface area contributed by atoms with Gasteiger partial charge < -0.3 is 10.5 Å². The zero-order chi connectivity index (χ0) is 15.1. The van der Waals surface area contributed by atoms with Crippen LogP contribution in [0.2, 0.25) is 0 Å². The molecule has 0 unspecified atom stereocenters. The van der Waals surface area contributed by atoms with E-state index in [1.54, 1.807) is 30.8 Å². The number of aryl methyl sites for hydroxylation is 2. The molecule has 0 radical (unpaired) electrons. The third kappa shape index (κ3) is 2.75. The summed E-state index contributed by atoms with van der Waals surface area (Å²) in [5.74, 6) is 0.814. The van der Waals surface area contributed by atoms with E-state index in [4.69, 9.17) is 15.6 Å². The van der Waals surface area contributed by atoms with Gasteiger partial charge in [0.25, 0.3) is 0 Å². The highest BCUT2D eigenvalue weighted by Gasteiger charge is 2.17. The molecular weight excluding hydrogens is 280 g/mol. The number of anilines is 1. The summed E-state index contributed by atoms with van der Waals surface area (Å²) < 4.78 is 30.3. The average molecular weight is 296 g/mol. The fourth-order valence-corrected chi connectivity index (χ4v) is 2.71. The van der Waals surface area contributed by atoms with Crippen molar-refractivity contribution in [1.82, 2.24) is 9.78 Å². The second kappa shape index (κ2) is 4.80. The predicted molar refractivity (Wildman–Crippen MR) is 75.0 cm³/mol. The summed E-state index contributed by atoms with van der Waals surface area (Å²) in [6.07, 6.45) is 0. The fourth-order valence-electron chi connectivity index (χ4n) is 1.88. The Balaban J connectivity index is 2.53. The molecule has 0 fully saturated rings. The van der Waals surface area contributed by atoms with E-state index in [1.165, 1.54) is 6.07 Å². The molecule has 20 heavy (non-hydrogen) atoms. The molecule has 0 aliphatic heterocycles. The molecule has 2 rings (SSSR count). The molecular formula is C12H16N4O3S. The largest absolute Gasteiger partial charge is 0.439 e. The van der Waals surface area contributed by atoms with Crippen LogP contribution in [0.5, 0.6) is 11.6 Å². The van der Waals surface area contributed by atoms with Crippen LogP contribution in [0.4, 0.5) is 5.69 Å². The lowest BCUT2D eigenvalue weighted by Gasteiger charge is -2.12. The topological polar surface area (TPSA) is 113 Å². The van der Waals surface area contributed by atoms with Gasteiger partial charge in [0.1, 0.15) is 5.75 Å². The quantitative estimate of drug-likeness (QED) is 0.822. The molecule has 1 aromatic carbocycles. The molecule has 0 aliphatic rings. The minimum atomic E-state index is -3.86. The normalized spacial score (nSPS) is 11.6. The Morgan fingerprint density at radius 3 is 2.40 bits per heavy atom. The number of nitrogen functional groups attached to an aromatic ring is 1. The monoisotopic (exact) mass is 296 g/mol. The molecule has 0 saturated heterocycles. The van der Waals surface area contributed by atoms with Crippen molar-refractivity contribution < 1.29 is 13.2 Å². The first-order chi connectivity index (χ1) is 9.18. The lowest BCUT2D eigenvalue weighted by atomic mass is 10.2. The lowest BCUT2D eigenvalue weighted by Crippen LogP contribution is -2.14. The number of nitrogens with two attached hydrogens (primary N) is 2. The van der Waals surface area contributed by atoms with E-state index in [0.29, 0.717) is 17.2 Å². The molecule has 0 amide bonds. The smallest absolute Gasteiger partial charge is 0.238 e. The number of nitrogens with zero attached hydrogens (tertiary/aromatic N) is 2. The van der Waals surface area contributed by atoms with Crippen LogP contribution in [0.1, 0.15) is 11.3 Å². The summed E-state index contributed by atoms with van der Waals surface area (Å²) in [4.78, 5) is -0.0496. The van der Waals surface area contributed by atoms with Crippen LogP contribution in [0.25, 0.3) is 0 Å². The van der Waals surface area contributed by atoms with E-state index in [9.17, 15) is 8.42 Å². The van der Waals surface area contributed by atoms with Crippen LogP contribution < -0.4 is 15.6 Å². The zero-order valence-electron chi connectivity index (χ0n) is 11.4. The van der Waals surface area contributed by atoms with Crippen molar-refractivity contribution in [3.63, 3.8) is 0 Å². The minimum Gasteiger partial charge on any atom is -0.439 e. The van der Waals surface area contributed by atoms with Crippen LogP contribution >= 0.6 is 0 Å². The molecule has 0 saturated carbocycles. The van der Waals surface area contributed by atoms with E-state index in [1.807, 2.05) is 6.92 Å². The maximum absolute atomic E-state index is 11.5. The average Bonchev–Trinajstić information content (AvgIpc) is 2.60. The van der Waals surface area contributed by atoms with Gasteiger partial charge in [-0.25, -0.2) is 18.2 Å². The summed E-state index contributed by atoms with van der Waals surface area (Å²) >= 11 is 0. The van der Waals surface area contributed by atoms with Crippen LogP contribution in [-0.4, -0.2) is 18.2 Å². The number of sulfonamides is 1. The molecule has 7 nitrogen and oxygen atoms in total. The first-order valence-corrected chi connectivity index (χ1v) is 7.34. The number of rotatable bonds is 3. The van der Waals surface area contributed by atoms with Gasteiger partial charge in [-0.05, 0) is 19.9 Å². The van der Waals surface area contributed by atoms with Crippen molar-refractivity contribution in [1.29, 1.82) is 0 Å². The highest BCUT2D eigenvalue weighted by Crippen LogP contribution is 2.31.